The summed E-state index contributed by atoms with van der Waals surface area (Å²) in [7, 11) is 0. The van der Waals surface area contributed by atoms with Crippen LogP contribution < -0.4 is 10.1 Å². The molecule has 1 aromatic heterocycles. The Bertz CT molecular complexity index is 526. The maximum atomic E-state index is 12.3. The molecule has 0 radical (unpaired) electrons. The number of carbonyl (C=O) groups is 1. The molecule has 0 saturated heterocycles. The molecule has 23 heavy (non-hydrogen) atoms. The van der Waals surface area contributed by atoms with Crippen LogP contribution in [0.15, 0.2) is 18.3 Å². The smallest absolute Gasteiger partial charge is 0.422 e. The van der Waals surface area contributed by atoms with Crippen LogP contribution in [0.4, 0.5) is 13.2 Å². The van der Waals surface area contributed by atoms with E-state index in [2.05, 4.69) is 22.0 Å². The Morgan fingerprint density at radius 1 is 1.35 bits per heavy atom. The Kier molecular flexibility index (Phi) is 5.85. The second kappa shape index (κ2) is 7.66. The van der Waals surface area contributed by atoms with Gasteiger partial charge in [-0.2, -0.15) is 13.2 Å². The van der Waals surface area contributed by atoms with Gasteiger partial charge in [0.25, 0.3) is 5.91 Å². The van der Waals surface area contributed by atoms with Crippen molar-refractivity contribution < 1.29 is 22.7 Å². The Balaban J connectivity index is 1.97. The summed E-state index contributed by atoms with van der Waals surface area (Å²) in [6.07, 6.45) is 1.88. The van der Waals surface area contributed by atoms with Gasteiger partial charge in [-0.15, -0.1) is 0 Å². The molecule has 1 N–H and O–H groups in total. The van der Waals surface area contributed by atoms with Crippen LogP contribution in [-0.4, -0.2) is 29.7 Å². The predicted molar refractivity (Wildman–Crippen MR) is 79.3 cm³/mol. The van der Waals surface area contributed by atoms with E-state index in [0.29, 0.717) is 5.92 Å². The van der Waals surface area contributed by atoms with Crippen molar-refractivity contribution in [2.24, 2.45) is 5.92 Å². The maximum Gasteiger partial charge on any atom is 0.422 e. The molecule has 1 fully saturated rings. The molecule has 2 rings (SSSR count). The molecule has 1 saturated carbocycles. The molecule has 1 aromatic rings. The molecule has 4 nitrogen and oxygen atoms in total. The zero-order valence-corrected chi connectivity index (χ0v) is 13.0. The molecule has 1 aliphatic rings. The normalized spacial score (nSPS) is 21.7. The summed E-state index contributed by atoms with van der Waals surface area (Å²) in [4.78, 5) is 16.0. The fourth-order valence-corrected chi connectivity index (χ4v) is 2.81. The number of amides is 1. The molecule has 0 aromatic carbocycles. The molecule has 128 valence electrons. The number of hydrogen-bond acceptors (Lipinski definition) is 3. The molecular formula is C16H21F3N2O2. The number of pyridine rings is 1. The molecule has 1 amide bonds. The number of nitrogens with zero attached hydrogens (tertiary/aromatic N) is 1. The molecule has 0 aliphatic heterocycles. The van der Waals surface area contributed by atoms with Gasteiger partial charge in [-0.25, -0.2) is 4.98 Å². The number of nitrogens with one attached hydrogen (secondary N) is 1. The van der Waals surface area contributed by atoms with Crippen molar-refractivity contribution in [2.45, 2.75) is 51.2 Å². The molecule has 0 atom stereocenters. The van der Waals surface area contributed by atoms with Crippen LogP contribution in [-0.2, 0) is 0 Å². The van der Waals surface area contributed by atoms with Crippen LogP contribution in [0.3, 0.4) is 0 Å². The summed E-state index contributed by atoms with van der Waals surface area (Å²) < 4.78 is 41.4. The molecular weight excluding hydrogens is 309 g/mol. The van der Waals surface area contributed by atoms with Crippen molar-refractivity contribution in [1.29, 1.82) is 0 Å². The SMILES string of the molecule is CCC1CCC(NC(=O)c2cccnc2OCC(F)(F)F)CC1. The second-order valence-electron chi connectivity index (χ2n) is 5.86. The monoisotopic (exact) mass is 330 g/mol. The summed E-state index contributed by atoms with van der Waals surface area (Å²) in [6, 6.07) is 2.98. The largest absolute Gasteiger partial charge is 0.467 e. The van der Waals surface area contributed by atoms with Gasteiger partial charge in [0.1, 0.15) is 5.56 Å². The van der Waals surface area contributed by atoms with Gasteiger partial charge in [-0.3, -0.25) is 4.79 Å². The zero-order valence-electron chi connectivity index (χ0n) is 13.0. The number of ether oxygens (including phenoxy) is 1. The lowest BCUT2D eigenvalue weighted by atomic mass is 9.84. The Hall–Kier alpha value is -1.79. The average molecular weight is 330 g/mol. The van der Waals surface area contributed by atoms with E-state index < -0.39 is 18.7 Å². The molecule has 0 spiro atoms. The number of hydrogen-bond donors (Lipinski definition) is 1. The highest BCUT2D eigenvalue weighted by atomic mass is 19.4. The van der Waals surface area contributed by atoms with Gasteiger partial charge in [0.15, 0.2) is 6.61 Å². The van der Waals surface area contributed by atoms with Gasteiger partial charge in [0, 0.05) is 12.2 Å². The topological polar surface area (TPSA) is 51.2 Å². The minimum Gasteiger partial charge on any atom is -0.467 e. The first-order valence-corrected chi connectivity index (χ1v) is 7.84. The van der Waals surface area contributed by atoms with Crippen molar-refractivity contribution in [3.63, 3.8) is 0 Å². The fourth-order valence-electron chi connectivity index (χ4n) is 2.81. The Morgan fingerprint density at radius 2 is 2.04 bits per heavy atom. The first-order chi connectivity index (χ1) is 10.9. The van der Waals surface area contributed by atoms with Gasteiger partial charge in [0.05, 0.1) is 0 Å². The van der Waals surface area contributed by atoms with Gasteiger partial charge in [-0.1, -0.05) is 13.3 Å². The summed E-state index contributed by atoms with van der Waals surface area (Å²) in [5.41, 5.74) is 0.0364. The van der Waals surface area contributed by atoms with Crippen molar-refractivity contribution in [3.05, 3.63) is 23.9 Å². The molecule has 0 bridgehead atoms. The lowest BCUT2D eigenvalue weighted by Gasteiger charge is -2.28. The number of carbonyl (C=O) groups excluding carboxylic acids is 1. The van der Waals surface area contributed by atoms with Gasteiger partial charge in [0.2, 0.25) is 5.88 Å². The van der Waals surface area contributed by atoms with E-state index in [-0.39, 0.29) is 17.5 Å². The van der Waals surface area contributed by atoms with Crippen LogP contribution in [0.5, 0.6) is 5.88 Å². The first kappa shape index (κ1) is 17.6. The van der Waals surface area contributed by atoms with E-state index in [1.165, 1.54) is 18.3 Å². The van der Waals surface area contributed by atoms with Crippen LogP contribution in [0.2, 0.25) is 0 Å². The van der Waals surface area contributed by atoms with Crippen molar-refractivity contribution in [1.82, 2.24) is 10.3 Å². The number of halogens is 3. The number of rotatable bonds is 5. The van der Waals surface area contributed by atoms with Gasteiger partial charge >= 0.3 is 6.18 Å². The van der Waals surface area contributed by atoms with Crippen LogP contribution in [0.1, 0.15) is 49.4 Å². The second-order valence-corrected chi connectivity index (χ2v) is 5.86. The Morgan fingerprint density at radius 3 is 2.65 bits per heavy atom. The first-order valence-electron chi connectivity index (χ1n) is 7.84. The highest BCUT2D eigenvalue weighted by Gasteiger charge is 2.30. The molecule has 1 heterocycles. The van der Waals surface area contributed by atoms with Crippen molar-refractivity contribution in [3.8, 4) is 5.88 Å². The third-order valence-electron chi connectivity index (χ3n) is 4.15. The number of aromatic nitrogens is 1. The molecule has 1 aliphatic carbocycles. The zero-order chi connectivity index (χ0) is 16.9. The summed E-state index contributed by atoms with van der Waals surface area (Å²) in [5, 5.41) is 2.88. The van der Waals surface area contributed by atoms with E-state index in [0.717, 1.165) is 32.1 Å². The van der Waals surface area contributed by atoms with Crippen molar-refractivity contribution in [2.75, 3.05) is 6.61 Å². The highest BCUT2D eigenvalue weighted by Crippen LogP contribution is 2.27. The Labute approximate surface area is 133 Å². The van der Waals surface area contributed by atoms with E-state index in [1.807, 2.05) is 0 Å². The van der Waals surface area contributed by atoms with Crippen LogP contribution in [0, 0.1) is 5.92 Å². The van der Waals surface area contributed by atoms with Gasteiger partial charge < -0.3 is 10.1 Å². The third kappa shape index (κ3) is 5.41. The summed E-state index contributed by atoms with van der Waals surface area (Å²) >= 11 is 0. The highest BCUT2D eigenvalue weighted by molar-refractivity contribution is 5.96. The molecule has 0 unspecified atom stereocenters. The maximum absolute atomic E-state index is 12.3. The average Bonchev–Trinajstić information content (AvgIpc) is 2.53. The lowest BCUT2D eigenvalue weighted by Crippen LogP contribution is -2.38. The van der Waals surface area contributed by atoms with Crippen molar-refractivity contribution >= 4 is 5.91 Å². The fraction of sp³-hybridized carbons (Fsp3) is 0.625. The minimum absolute atomic E-state index is 0.0364. The third-order valence-corrected chi connectivity index (χ3v) is 4.15. The van der Waals surface area contributed by atoms with Gasteiger partial charge in [-0.05, 0) is 43.7 Å². The minimum atomic E-state index is -4.47. The predicted octanol–water partition coefficient (Wildman–Crippen LogP) is 3.72. The van der Waals surface area contributed by atoms with Crippen LogP contribution in [0.25, 0.3) is 0 Å². The summed E-state index contributed by atoms with van der Waals surface area (Å²) in [5.74, 6) is -0.0213. The quantitative estimate of drug-likeness (QED) is 0.895. The van der Waals surface area contributed by atoms with Crippen LogP contribution >= 0.6 is 0 Å². The standard InChI is InChI=1S/C16H21F3N2O2/c1-2-11-5-7-12(8-6-11)21-14(22)13-4-3-9-20-15(13)23-10-16(17,18)19/h3-4,9,11-12H,2,5-8,10H2,1H3,(H,21,22). The van der Waals surface area contributed by atoms with E-state index >= 15 is 0 Å². The van der Waals surface area contributed by atoms with E-state index in [1.54, 1.807) is 0 Å². The molecule has 7 heteroatoms. The van der Waals surface area contributed by atoms with E-state index in [9.17, 15) is 18.0 Å². The number of alkyl halides is 3. The lowest BCUT2D eigenvalue weighted by molar-refractivity contribution is -0.154. The summed E-state index contributed by atoms with van der Waals surface area (Å²) in [6.45, 7) is 0.690. The van der Waals surface area contributed by atoms with E-state index in [4.69, 9.17) is 0 Å².